The summed E-state index contributed by atoms with van der Waals surface area (Å²) in [7, 11) is 0. The minimum absolute atomic E-state index is 0.0612. The molecule has 2 aromatic rings. The summed E-state index contributed by atoms with van der Waals surface area (Å²) in [6.07, 6.45) is -8.69. The zero-order valence-electron chi connectivity index (χ0n) is 20.4. The number of rotatable bonds is 9. The normalized spacial score (nSPS) is 24.5. The molecule has 10 heteroatoms. The molecule has 1 amide bonds. The number of carbonyl (C=O) groups is 1. The molecule has 1 unspecified atom stereocenters. The van der Waals surface area contributed by atoms with Gasteiger partial charge in [0.15, 0.2) is 5.60 Å². The first-order chi connectivity index (χ1) is 16.9. The topological polar surface area (TPSA) is 97.3 Å². The van der Waals surface area contributed by atoms with Crippen LogP contribution in [0.1, 0.15) is 43.4 Å². The van der Waals surface area contributed by atoms with Gasteiger partial charge in [-0.2, -0.15) is 0 Å². The Morgan fingerprint density at radius 1 is 1.08 bits per heavy atom. The molecular weight excluding hydrogens is 479 g/mol. The fraction of sp³-hybridized carbons (Fsp3) is 0.500. The number of aliphatic hydroxyl groups is 2. The number of nitrogens with one attached hydrogen (secondary N) is 1. The van der Waals surface area contributed by atoms with E-state index in [2.05, 4.69) is 10.1 Å². The van der Waals surface area contributed by atoms with Gasteiger partial charge in [0.2, 0.25) is 0 Å². The van der Waals surface area contributed by atoms with Crippen LogP contribution in [-0.2, 0) is 27.5 Å². The predicted octanol–water partition coefficient (Wildman–Crippen LogP) is 3.77. The lowest BCUT2D eigenvalue weighted by Crippen LogP contribution is -2.61. The van der Waals surface area contributed by atoms with Crippen molar-refractivity contribution in [2.24, 2.45) is 0 Å². The largest absolute Gasteiger partial charge is 0.573 e. The minimum atomic E-state index is -4.83. The number of aryl methyl sites for hydroxylation is 1. The number of alkyl halides is 3. The van der Waals surface area contributed by atoms with Crippen molar-refractivity contribution in [3.63, 3.8) is 0 Å². The summed E-state index contributed by atoms with van der Waals surface area (Å²) in [5.41, 5.74) is 0.737. The van der Waals surface area contributed by atoms with Crippen LogP contribution in [0.25, 0.3) is 0 Å². The molecule has 0 saturated heterocycles. The molecule has 198 valence electrons. The van der Waals surface area contributed by atoms with Crippen molar-refractivity contribution in [1.82, 2.24) is 5.32 Å². The maximum atomic E-state index is 13.3. The molecule has 0 spiro atoms. The van der Waals surface area contributed by atoms with Gasteiger partial charge in [0.1, 0.15) is 11.9 Å². The van der Waals surface area contributed by atoms with E-state index in [0.29, 0.717) is 5.56 Å². The Balaban J connectivity index is 1.78. The summed E-state index contributed by atoms with van der Waals surface area (Å²) in [4.78, 5) is 13.3. The van der Waals surface area contributed by atoms with Gasteiger partial charge in [0.25, 0.3) is 5.91 Å². The first-order valence-corrected chi connectivity index (χ1v) is 11.7. The third kappa shape index (κ3) is 7.67. The Morgan fingerprint density at radius 3 is 2.39 bits per heavy atom. The summed E-state index contributed by atoms with van der Waals surface area (Å²) >= 11 is 0. The van der Waals surface area contributed by atoms with Crippen LogP contribution in [0, 0.1) is 6.92 Å². The van der Waals surface area contributed by atoms with Gasteiger partial charge in [-0.25, -0.2) is 0 Å². The fourth-order valence-electron chi connectivity index (χ4n) is 4.21. The van der Waals surface area contributed by atoms with E-state index in [1.165, 1.54) is 12.1 Å². The van der Waals surface area contributed by atoms with Gasteiger partial charge in [-0.3, -0.25) is 4.79 Å². The van der Waals surface area contributed by atoms with Crippen LogP contribution >= 0.6 is 0 Å². The Bertz CT molecular complexity index is 1030. The third-order valence-corrected chi connectivity index (χ3v) is 5.87. The third-order valence-electron chi connectivity index (χ3n) is 5.87. The van der Waals surface area contributed by atoms with Crippen molar-refractivity contribution in [1.29, 1.82) is 0 Å². The zero-order chi connectivity index (χ0) is 26.5. The SMILES string of the molecule is Cc1cccc(CO[C@]2(C(=O)NC(C)C)CC(OCc3cccc(OC(F)(F)F)c3)[C@H](O)[C@H](O)C2)c1. The highest BCUT2D eigenvalue weighted by molar-refractivity contribution is 5.85. The minimum Gasteiger partial charge on any atom is -0.406 e. The number of hydrogen-bond acceptors (Lipinski definition) is 6. The van der Waals surface area contributed by atoms with Gasteiger partial charge in [0, 0.05) is 18.9 Å². The van der Waals surface area contributed by atoms with E-state index < -0.39 is 41.9 Å². The summed E-state index contributed by atoms with van der Waals surface area (Å²) in [6.45, 7) is 5.45. The monoisotopic (exact) mass is 511 g/mol. The van der Waals surface area contributed by atoms with E-state index in [0.717, 1.165) is 17.2 Å². The Hall–Kier alpha value is -2.66. The molecule has 0 aromatic heterocycles. The van der Waals surface area contributed by atoms with E-state index >= 15 is 0 Å². The van der Waals surface area contributed by atoms with Crippen molar-refractivity contribution in [3.05, 3.63) is 65.2 Å². The van der Waals surface area contributed by atoms with E-state index in [1.807, 2.05) is 31.2 Å². The molecule has 36 heavy (non-hydrogen) atoms. The lowest BCUT2D eigenvalue weighted by atomic mass is 9.78. The molecule has 4 atom stereocenters. The van der Waals surface area contributed by atoms with Crippen LogP contribution in [0.5, 0.6) is 5.75 Å². The van der Waals surface area contributed by atoms with E-state index in [9.17, 15) is 28.2 Å². The van der Waals surface area contributed by atoms with E-state index in [4.69, 9.17) is 9.47 Å². The Labute approximate surface area is 208 Å². The molecule has 7 nitrogen and oxygen atoms in total. The second-order valence-electron chi connectivity index (χ2n) is 9.41. The molecule has 1 aliphatic rings. The van der Waals surface area contributed by atoms with Gasteiger partial charge in [-0.05, 0) is 44.0 Å². The van der Waals surface area contributed by atoms with Crippen molar-refractivity contribution in [2.75, 3.05) is 0 Å². The van der Waals surface area contributed by atoms with Crippen LogP contribution in [0.2, 0.25) is 0 Å². The van der Waals surface area contributed by atoms with Crippen LogP contribution in [0.3, 0.4) is 0 Å². The molecule has 1 fully saturated rings. The lowest BCUT2D eigenvalue weighted by molar-refractivity contribution is -0.274. The number of benzene rings is 2. The number of ether oxygens (including phenoxy) is 3. The van der Waals surface area contributed by atoms with Crippen molar-refractivity contribution in [2.45, 2.75) is 83.1 Å². The number of amides is 1. The van der Waals surface area contributed by atoms with Gasteiger partial charge in [-0.15, -0.1) is 13.2 Å². The predicted molar refractivity (Wildman–Crippen MR) is 125 cm³/mol. The summed E-state index contributed by atoms with van der Waals surface area (Å²) in [5, 5.41) is 24.1. The van der Waals surface area contributed by atoms with Gasteiger partial charge >= 0.3 is 6.36 Å². The van der Waals surface area contributed by atoms with Gasteiger partial charge < -0.3 is 29.7 Å². The van der Waals surface area contributed by atoms with E-state index in [1.54, 1.807) is 19.9 Å². The average Bonchev–Trinajstić information content (AvgIpc) is 2.77. The molecule has 0 heterocycles. The smallest absolute Gasteiger partial charge is 0.406 e. The highest BCUT2D eigenvalue weighted by Crippen LogP contribution is 2.36. The maximum Gasteiger partial charge on any atom is 0.573 e. The maximum absolute atomic E-state index is 13.3. The van der Waals surface area contributed by atoms with Crippen LogP contribution in [-0.4, -0.2) is 52.4 Å². The van der Waals surface area contributed by atoms with E-state index in [-0.39, 0.29) is 32.1 Å². The van der Waals surface area contributed by atoms with Crippen molar-refractivity contribution >= 4 is 5.91 Å². The van der Waals surface area contributed by atoms with Gasteiger partial charge in [0.05, 0.1) is 25.4 Å². The molecule has 1 saturated carbocycles. The Kier molecular flexibility index (Phi) is 8.99. The standard InChI is InChI=1S/C26H32F3NO6/c1-16(2)30-24(33)25(35-15-18-7-4-6-17(3)10-18)12-21(31)23(32)22(13-25)34-14-19-8-5-9-20(11-19)36-26(27,28)29/h4-11,16,21-23,31-32H,12-15H2,1-3H3,(H,30,33)/t21-,22?,23-,25+/m1/s1. The highest BCUT2D eigenvalue weighted by atomic mass is 19.4. The second kappa shape index (κ2) is 11.6. The fourth-order valence-corrected chi connectivity index (χ4v) is 4.21. The second-order valence-corrected chi connectivity index (χ2v) is 9.41. The molecule has 1 aliphatic carbocycles. The molecule has 3 N–H and O–H groups in total. The first-order valence-electron chi connectivity index (χ1n) is 11.7. The number of aliphatic hydroxyl groups excluding tert-OH is 2. The number of halogens is 3. The van der Waals surface area contributed by atoms with Crippen LogP contribution < -0.4 is 10.1 Å². The van der Waals surface area contributed by atoms with Crippen LogP contribution in [0.15, 0.2) is 48.5 Å². The van der Waals surface area contributed by atoms with Crippen molar-refractivity contribution < 1.29 is 42.4 Å². The van der Waals surface area contributed by atoms with Crippen molar-refractivity contribution in [3.8, 4) is 5.75 Å². The summed E-state index contributed by atoms with van der Waals surface area (Å²) < 4.78 is 53.5. The molecular formula is C26H32F3NO6. The zero-order valence-corrected chi connectivity index (χ0v) is 20.4. The highest BCUT2D eigenvalue weighted by Gasteiger charge is 2.51. The lowest BCUT2D eigenvalue weighted by Gasteiger charge is -2.44. The summed E-state index contributed by atoms with van der Waals surface area (Å²) in [5.74, 6) is -0.842. The summed E-state index contributed by atoms with van der Waals surface area (Å²) in [6, 6.07) is 12.7. The molecule has 0 bridgehead atoms. The van der Waals surface area contributed by atoms with Gasteiger partial charge in [-0.1, -0.05) is 42.0 Å². The number of carbonyl (C=O) groups excluding carboxylic acids is 1. The molecule has 3 rings (SSSR count). The molecule has 2 aromatic carbocycles. The Morgan fingerprint density at radius 2 is 1.75 bits per heavy atom. The van der Waals surface area contributed by atoms with Crippen LogP contribution in [0.4, 0.5) is 13.2 Å². The first kappa shape index (κ1) is 27.9. The quantitative estimate of drug-likeness (QED) is 0.474. The molecule has 0 radical (unpaired) electrons. The molecule has 0 aliphatic heterocycles. The average molecular weight is 512 g/mol. The number of hydrogen-bond donors (Lipinski definition) is 3.